The van der Waals surface area contributed by atoms with Crippen LogP contribution < -0.4 is 4.90 Å². The maximum absolute atomic E-state index is 10.7. The average molecular weight is 534 g/mol. The molecule has 0 radical (unpaired) electrons. The summed E-state index contributed by atoms with van der Waals surface area (Å²) in [5, 5.41) is 0. The molecule has 5 heteroatoms. The van der Waals surface area contributed by atoms with Crippen molar-refractivity contribution in [1.82, 2.24) is 0 Å². The summed E-state index contributed by atoms with van der Waals surface area (Å²) in [6.07, 6.45) is 5.27. The van der Waals surface area contributed by atoms with Gasteiger partial charge in [-0.15, -0.1) is 0 Å². The molecule has 0 aliphatic carbocycles. The minimum Gasteiger partial charge on any atom is -0.311 e. The molecule has 0 fully saturated rings. The topological polar surface area (TPSA) is 62.1 Å². The van der Waals surface area contributed by atoms with Gasteiger partial charge < -0.3 is 4.90 Å². The van der Waals surface area contributed by atoms with Crippen molar-refractivity contribution in [3.63, 3.8) is 0 Å². The molecule has 41 heavy (non-hydrogen) atoms. The van der Waals surface area contributed by atoms with Crippen LogP contribution in [-0.2, 0) is 9.59 Å². The summed E-state index contributed by atoms with van der Waals surface area (Å²) in [6.45, 7) is 4.18. The van der Waals surface area contributed by atoms with Crippen molar-refractivity contribution in [2.45, 2.75) is 13.8 Å². The number of rotatable bonds is 8. The van der Waals surface area contributed by atoms with E-state index in [-0.39, 0.29) is 0 Å². The molecule has 5 nitrogen and oxygen atoms in total. The van der Waals surface area contributed by atoms with Crippen LogP contribution >= 0.6 is 0 Å². The number of anilines is 3. The Bertz CT molecular complexity index is 1650. The summed E-state index contributed by atoms with van der Waals surface area (Å²) in [7, 11) is 0. The highest BCUT2D eigenvalue weighted by molar-refractivity contribution is 5.92. The minimum absolute atomic E-state index is 0.537. The Morgan fingerprint density at radius 3 is 1.27 bits per heavy atom. The number of nitrogens with zero attached hydrogens (tertiary/aromatic N) is 3. The molecule has 0 aromatic heterocycles. The molecule has 0 heterocycles. The van der Waals surface area contributed by atoms with Gasteiger partial charge in [-0.3, -0.25) is 0 Å². The zero-order chi connectivity index (χ0) is 28.6. The smallest absolute Gasteiger partial charge is 0.240 e. The van der Waals surface area contributed by atoms with Gasteiger partial charge in [0.05, 0.1) is 11.4 Å². The zero-order valence-electron chi connectivity index (χ0n) is 22.8. The number of isocyanates is 2. The van der Waals surface area contributed by atoms with Gasteiger partial charge in [0.15, 0.2) is 0 Å². The number of carbonyl (C=O) groups excluding carboxylic acids is 2. The standard InChI is InChI=1S/C36H27N3O2/c1-26-3-17-33(18-4-26)39(34-19-5-27(2)6-20-34)35-21-7-28(8-22-35)23-36(29-9-13-31(14-10-29)37-24-40)30-11-15-32(16-12-30)38-25-41/h3-23H,1-2H3. The molecular weight excluding hydrogens is 506 g/mol. The van der Waals surface area contributed by atoms with Crippen molar-refractivity contribution < 1.29 is 9.59 Å². The Morgan fingerprint density at radius 2 is 0.902 bits per heavy atom. The van der Waals surface area contributed by atoms with E-state index < -0.39 is 0 Å². The highest BCUT2D eigenvalue weighted by Gasteiger charge is 2.13. The van der Waals surface area contributed by atoms with Crippen LogP contribution in [0.2, 0.25) is 0 Å². The van der Waals surface area contributed by atoms with E-state index in [2.05, 4.69) is 108 Å². The second-order valence-corrected chi connectivity index (χ2v) is 9.66. The first-order chi connectivity index (χ1) is 20.0. The maximum Gasteiger partial charge on any atom is 0.240 e. The van der Waals surface area contributed by atoms with Gasteiger partial charge in [-0.05, 0) is 103 Å². The molecule has 0 saturated heterocycles. The van der Waals surface area contributed by atoms with Crippen molar-refractivity contribution in [3.05, 3.63) is 149 Å². The molecular formula is C36H27N3O2. The van der Waals surface area contributed by atoms with Crippen LogP contribution in [0.3, 0.4) is 0 Å². The van der Waals surface area contributed by atoms with Gasteiger partial charge in [0.2, 0.25) is 12.2 Å². The van der Waals surface area contributed by atoms with Crippen molar-refractivity contribution in [1.29, 1.82) is 0 Å². The number of aryl methyl sites for hydroxylation is 2. The minimum atomic E-state index is 0.537. The highest BCUT2D eigenvalue weighted by atomic mass is 16.1. The predicted octanol–water partition coefficient (Wildman–Crippen LogP) is 9.30. The molecule has 0 saturated carbocycles. The van der Waals surface area contributed by atoms with Gasteiger partial charge in [-0.1, -0.05) is 71.8 Å². The van der Waals surface area contributed by atoms with Crippen molar-refractivity contribution in [2.75, 3.05) is 4.90 Å². The zero-order valence-corrected chi connectivity index (χ0v) is 22.8. The van der Waals surface area contributed by atoms with Crippen LogP contribution in [0.5, 0.6) is 0 Å². The lowest BCUT2D eigenvalue weighted by Gasteiger charge is -2.26. The summed E-state index contributed by atoms with van der Waals surface area (Å²) in [6, 6.07) is 40.3. The van der Waals surface area contributed by atoms with E-state index in [4.69, 9.17) is 0 Å². The van der Waals surface area contributed by atoms with Gasteiger partial charge in [0.25, 0.3) is 0 Å². The third kappa shape index (κ3) is 6.52. The first-order valence-corrected chi connectivity index (χ1v) is 13.2. The monoisotopic (exact) mass is 533 g/mol. The fraction of sp³-hybridized carbons (Fsp3) is 0.0556. The van der Waals surface area contributed by atoms with Crippen LogP contribution in [0.4, 0.5) is 28.4 Å². The Morgan fingerprint density at radius 1 is 0.537 bits per heavy atom. The van der Waals surface area contributed by atoms with Crippen LogP contribution in [0.1, 0.15) is 27.8 Å². The summed E-state index contributed by atoms with van der Waals surface area (Å²) in [5.41, 5.74) is 10.6. The molecule has 0 aliphatic rings. The second kappa shape index (κ2) is 12.5. The Kier molecular flexibility index (Phi) is 8.23. The molecule has 0 amide bonds. The van der Waals surface area contributed by atoms with Crippen molar-refractivity contribution in [2.24, 2.45) is 9.98 Å². The SMILES string of the molecule is Cc1ccc(N(c2ccc(C)cc2)c2ccc(C=C(c3ccc(N=C=O)cc3)c3ccc(N=C=O)cc3)cc2)cc1. The van der Waals surface area contributed by atoms with Crippen LogP contribution in [0.25, 0.3) is 11.6 Å². The van der Waals surface area contributed by atoms with E-state index >= 15 is 0 Å². The molecule has 5 aromatic rings. The average Bonchev–Trinajstić information content (AvgIpc) is 3.00. The van der Waals surface area contributed by atoms with E-state index in [1.165, 1.54) is 11.1 Å². The first kappa shape index (κ1) is 27.0. The second-order valence-electron chi connectivity index (χ2n) is 9.66. The summed E-state index contributed by atoms with van der Waals surface area (Å²) in [5.74, 6) is 0. The van der Waals surface area contributed by atoms with Gasteiger partial charge in [-0.2, -0.15) is 9.98 Å². The van der Waals surface area contributed by atoms with Crippen molar-refractivity contribution >= 4 is 52.2 Å². The third-order valence-corrected chi connectivity index (χ3v) is 6.75. The fourth-order valence-corrected chi connectivity index (χ4v) is 4.59. The molecule has 5 aromatic carbocycles. The van der Waals surface area contributed by atoms with Gasteiger partial charge in [0.1, 0.15) is 0 Å². The van der Waals surface area contributed by atoms with E-state index in [0.717, 1.165) is 39.3 Å². The Balaban J connectivity index is 1.55. The van der Waals surface area contributed by atoms with Gasteiger partial charge >= 0.3 is 0 Å². The van der Waals surface area contributed by atoms with Crippen LogP contribution in [0, 0.1) is 13.8 Å². The number of hydrogen-bond acceptors (Lipinski definition) is 5. The van der Waals surface area contributed by atoms with E-state index in [1.807, 2.05) is 24.3 Å². The quantitative estimate of drug-likeness (QED) is 0.113. The lowest BCUT2D eigenvalue weighted by atomic mass is 9.95. The van der Waals surface area contributed by atoms with E-state index in [0.29, 0.717) is 11.4 Å². The number of benzene rings is 5. The van der Waals surface area contributed by atoms with Gasteiger partial charge in [0, 0.05) is 17.1 Å². The fourth-order valence-electron chi connectivity index (χ4n) is 4.59. The molecule has 5 rings (SSSR count). The van der Waals surface area contributed by atoms with Crippen LogP contribution in [0.15, 0.2) is 131 Å². The summed E-state index contributed by atoms with van der Waals surface area (Å²) < 4.78 is 0. The molecule has 0 atom stereocenters. The number of aliphatic imine (C=N–C) groups is 2. The van der Waals surface area contributed by atoms with Crippen molar-refractivity contribution in [3.8, 4) is 0 Å². The largest absolute Gasteiger partial charge is 0.311 e. The molecule has 0 spiro atoms. The summed E-state index contributed by atoms with van der Waals surface area (Å²) >= 11 is 0. The first-order valence-electron chi connectivity index (χ1n) is 13.2. The molecule has 0 bridgehead atoms. The number of hydrogen-bond donors (Lipinski definition) is 0. The third-order valence-electron chi connectivity index (χ3n) is 6.75. The molecule has 198 valence electrons. The molecule has 0 unspecified atom stereocenters. The predicted molar refractivity (Wildman–Crippen MR) is 166 cm³/mol. The maximum atomic E-state index is 10.7. The lowest BCUT2D eigenvalue weighted by molar-refractivity contribution is 0.564. The van der Waals surface area contributed by atoms with Gasteiger partial charge in [-0.25, -0.2) is 9.59 Å². The summed E-state index contributed by atoms with van der Waals surface area (Å²) in [4.78, 5) is 31.0. The molecule has 0 N–H and O–H groups in total. The van der Waals surface area contributed by atoms with E-state index in [1.54, 1.807) is 36.4 Å². The lowest BCUT2D eigenvalue weighted by Crippen LogP contribution is -2.09. The molecule has 0 aliphatic heterocycles. The Labute approximate surface area is 239 Å². The normalized spacial score (nSPS) is 10.2. The van der Waals surface area contributed by atoms with Crippen LogP contribution in [-0.4, -0.2) is 12.2 Å². The Hall–Kier alpha value is -5.60. The highest BCUT2D eigenvalue weighted by Crippen LogP contribution is 2.36. The van der Waals surface area contributed by atoms with E-state index in [9.17, 15) is 9.59 Å².